The topological polar surface area (TPSA) is 87.3 Å². The van der Waals surface area contributed by atoms with Crippen molar-refractivity contribution in [3.05, 3.63) is 64.7 Å². The van der Waals surface area contributed by atoms with E-state index in [1.54, 1.807) is 18.2 Å². The molecule has 0 bridgehead atoms. The number of ether oxygens (including phenoxy) is 1. The fraction of sp³-hybridized carbons (Fsp3) is 0.286. The Morgan fingerprint density at radius 3 is 2.71 bits per heavy atom. The highest BCUT2D eigenvalue weighted by Crippen LogP contribution is 2.26. The van der Waals surface area contributed by atoms with Crippen LogP contribution >= 0.6 is 0 Å². The number of morpholine rings is 1. The first-order valence-corrected chi connectivity index (χ1v) is 9.40. The van der Waals surface area contributed by atoms with Crippen LogP contribution in [-0.2, 0) is 16.0 Å². The molecule has 1 saturated heterocycles. The van der Waals surface area contributed by atoms with Crippen molar-refractivity contribution in [2.24, 2.45) is 0 Å². The fourth-order valence-corrected chi connectivity index (χ4v) is 3.36. The van der Waals surface area contributed by atoms with Gasteiger partial charge in [0.25, 0.3) is 5.56 Å². The van der Waals surface area contributed by atoms with Gasteiger partial charge in [-0.25, -0.2) is 4.98 Å². The molecule has 0 atom stereocenters. The second-order valence-electron chi connectivity index (χ2n) is 6.69. The molecule has 4 rings (SSSR count). The molecule has 2 aromatic carbocycles. The molecule has 1 aliphatic heterocycles. The highest BCUT2D eigenvalue weighted by Gasteiger charge is 2.16. The molecule has 3 aromatic rings. The second kappa shape index (κ2) is 8.22. The van der Waals surface area contributed by atoms with E-state index in [4.69, 9.17) is 4.74 Å². The molecule has 1 fully saturated rings. The third-order valence-electron chi connectivity index (χ3n) is 4.78. The highest BCUT2D eigenvalue weighted by molar-refractivity contribution is 5.94. The van der Waals surface area contributed by atoms with Crippen molar-refractivity contribution >= 4 is 28.2 Å². The van der Waals surface area contributed by atoms with E-state index >= 15 is 0 Å². The number of nitrogens with zero attached hydrogens (tertiary/aromatic N) is 2. The number of aromatic amines is 1. The molecule has 0 aliphatic carbocycles. The van der Waals surface area contributed by atoms with Gasteiger partial charge >= 0.3 is 0 Å². The van der Waals surface area contributed by atoms with Crippen LogP contribution in [0.4, 0.5) is 11.4 Å². The quantitative estimate of drug-likeness (QED) is 0.712. The third-order valence-corrected chi connectivity index (χ3v) is 4.78. The summed E-state index contributed by atoms with van der Waals surface area (Å²) in [6.07, 6.45) is 0.602. The van der Waals surface area contributed by atoms with E-state index in [0.29, 0.717) is 36.4 Å². The molecule has 2 heterocycles. The number of aryl methyl sites for hydroxylation is 1. The number of nitrogens with one attached hydrogen (secondary N) is 2. The summed E-state index contributed by atoms with van der Waals surface area (Å²) in [6, 6.07) is 15.0. The predicted molar refractivity (Wildman–Crippen MR) is 109 cm³/mol. The third kappa shape index (κ3) is 4.04. The van der Waals surface area contributed by atoms with Crippen LogP contribution in [-0.4, -0.2) is 42.2 Å². The van der Waals surface area contributed by atoms with E-state index in [1.807, 2.05) is 30.3 Å². The first kappa shape index (κ1) is 18.2. The number of H-pyrrole nitrogens is 1. The molecule has 28 heavy (non-hydrogen) atoms. The zero-order chi connectivity index (χ0) is 19.3. The number of carbonyl (C=O) groups is 1. The Morgan fingerprint density at radius 1 is 1.11 bits per heavy atom. The Morgan fingerprint density at radius 2 is 1.86 bits per heavy atom. The van der Waals surface area contributed by atoms with Crippen molar-refractivity contribution in [1.82, 2.24) is 9.97 Å². The lowest BCUT2D eigenvalue weighted by Crippen LogP contribution is -2.36. The average molecular weight is 378 g/mol. The summed E-state index contributed by atoms with van der Waals surface area (Å²) in [5, 5.41) is 3.54. The number of aromatic nitrogens is 2. The molecule has 144 valence electrons. The van der Waals surface area contributed by atoms with Crippen LogP contribution in [0.5, 0.6) is 0 Å². The summed E-state index contributed by atoms with van der Waals surface area (Å²) >= 11 is 0. The van der Waals surface area contributed by atoms with Gasteiger partial charge < -0.3 is 19.9 Å². The SMILES string of the molecule is O=C(CCc1nc2ccccc2c(=O)[nH]1)Nc1ccccc1N1CCOCC1. The van der Waals surface area contributed by atoms with Crippen molar-refractivity contribution in [2.75, 3.05) is 36.5 Å². The zero-order valence-electron chi connectivity index (χ0n) is 15.5. The standard InChI is InChI=1S/C21H22N4O3/c26-20(10-9-19-22-16-6-2-1-5-15(16)21(27)24-19)23-17-7-3-4-8-18(17)25-11-13-28-14-12-25/h1-8H,9-14H2,(H,23,26)(H,22,24,27). The highest BCUT2D eigenvalue weighted by atomic mass is 16.5. The lowest BCUT2D eigenvalue weighted by atomic mass is 10.2. The molecule has 7 heteroatoms. The van der Waals surface area contributed by atoms with Crippen LogP contribution in [0.15, 0.2) is 53.3 Å². The Labute approximate surface area is 162 Å². The molecule has 1 aliphatic rings. The van der Waals surface area contributed by atoms with Gasteiger partial charge in [-0.1, -0.05) is 24.3 Å². The van der Waals surface area contributed by atoms with Gasteiger partial charge in [-0.15, -0.1) is 0 Å². The molecule has 0 spiro atoms. The van der Waals surface area contributed by atoms with Crippen LogP contribution in [0.2, 0.25) is 0 Å². The first-order valence-electron chi connectivity index (χ1n) is 9.40. The van der Waals surface area contributed by atoms with Crippen LogP contribution in [0.25, 0.3) is 10.9 Å². The van der Waals surface area contributed by atoms with Gasteiger partial charge in [0.2, 0.25) is 5.91 Å². The summed E-state index contributed by atoms with van der Waals surface area (Å²) in [4.78, 5) is 34.1. The van der Waals surface area contributed by atoms with Crippen LogP contribution < -0.4 is 15.8 Å². The van der Waals surface area contributed by atoms with Crippen LogP contribution in [0, 0.1) is 0 Å². The second-order valence-corrected chi connectivity index (χ2v) is 6.69. The first-order chi connectivity index (χ1) is 13.7. The van der Waals surface area contributed by atoms with Crippen molar-refractivity contribution in [1.29, 1.82) is 0 Å². The average Bonchev–Trinajstić information content (AvgIpc) is 2.73. The Hall–Kier alpha value is -3.19. The summed E-state index contributed by atoms with van der Waals surface area (Å²) in [6.45, 7) is 2.97. The van der Waals surface area contributed by atoms with E-state index in [0.717, 1.165) is 24.5 Å². The Kier molecular flexibility index (Phi) is 5.34. The Bertz CT molecular complexity index is 1040. The number of para-hydroxylation sites is 3. The van der Waals surface area contributed by atoms with Crippen molar-refractivity contribution < 1.29 is 9.53 Å². The van der Waals surface area contributed by atoms with Gasteiger partial charge in [0, 0.05) is 25.9 Å². The number of amides is 1. The molecule has 0 radical (unpaired) electrons. The van der Waals surface area contributed by atoms with Crippen molar-refractivity contribution in [2.45, 2.75) is 12.8 Å². The monoisotopic (exact) mass is 378 g/mol. The van der Waals surface area contributed by atoms with E-state index in [2.05, 4.69) is 20.2 Å². The maximum atomic E-state index is 12.5. The lowest BCUT2D eigenvalue weighted by molar-refractivity contribution is -0.116. The van der Waals surface area contributed by atoms with E-state index in [-0.39, 0.29) is 17.9 Å². The van der Waals surface area contributed by atoms with Crippen LogP contribution in [0.1, 0.15) is 12.2 Å². The molecule has 7 nitrogen and oxygen atoms in total. The maximum Gasteiger partial charge on any atom is 0.258 e. The molecule has 0 unspecified atom stereocenters. The zero-order valence-corrected chi connectivity index (χ0v) is 15.5. The summed E-state index contributed by atoms with van der Waals surface area (Å²) < 4.78 is 5.40. The smallest absolute Gasteiger partial charge is 0.258 e. The van der Waals surface area contributed by atoms with Gasteiger partial charge in [-0.05, 0) is 24.3 Å². The number of anilines is 2. The Balaban J connectivity index is 1.43. The minimum Gasteiger partial charge on any atom is -0.378 e. The maximum absolute atomic E-state index is 12.5. The number of fused-ring (bicyclic) bond motifs is 1. The molecule has 2 N–H and O–H groups in total. The van der Waals surface area contributed by atoms with Gasteiger partial charge in [0.05, 0.1) is 35.5 Å². The lowest BCUT2D eigenvalue weighted by Gasteiger charge is -2.30. The van der Waals surface area contributed by atoms with Gasteiger partial charge in [-0.3, -0.25) is 9.59 Å². The van der Waals surface area contributed by atoms with E-state index < -0.39 is 0 Å². The number of rotatable bonds is 5. The summed E-state index contributed by atoms with van der Waals surface area (Å²) in [7, 11) is 0. The molecule has 1 aromatic heterocycles. The number of hydrogen-bond acceptors (Lipinski definition) is 5. The fourth-order valence-electron chi connectivity index (χ4n) is 3.36. The summed E-state index contributed by atoms with van der Waals surface area (Å²) in [5.74, 6) is 0.400. The molecule has 1 amide bonds. The van der Waals surface area contributed by atoms with Gasteiger partial charge in [0.1, 0.15) is 5.82 Å². The molecular formula is C21H22N4O3. The van der Waals surface area contributed by atoms with E-state index in [1.165, 1.54) is 0 Å². The van der Waals surface area contributed by atoms with Crippen molar-refractivity contribution in [3.8, 4) is 0 Å². The number of benzene rings is 2. The van der Waals surface area contributed by atoms with Gasteiger partial charge in [-0.2, -0.15) is 0 Å². The minimum absolute atomic E-state index is 0.114. The largest absolute Gasteiger partial charge is 0.378 e. The van der Waals surface area contributed by atoms with E-state index in [9.17, 15) is 9.59 Å². The number of hydrogen-bond donors (Lipinski definition) is 2. The van der Waals surface area contributed by atoms with Gasteiger partial charge in [0.15, 0.2) is 0 Å². The molecule has 0 saturated carbocycles. The summed E-state index contributed by atoms with van der Waals surface area (Å²) in [5.41, 5.74) is 2.24. The minimum atomic E-state index is -0.182. The predicted octanol–water partition coefficient (Wildman–Crippen LogP) is 2.33. The molecular weight excluding hydrogens is 356 g/mol. The number of carbonyl (C=O) groups excluding carboxylic acids is 1. The van der Waals surface area contributed by atoms with Crippen molar-refractivity contribution in [3.63, 3.8) is 0 Å². The normalized spacial score (nSPS) is 14.2. The van der Waals surface area contributed by atoms with Crippen LogP contribution in [0.3, 0.4) is 0 Å².